The maximum Gasteiger partial charge on any atom is 0.460 e. The van der Waals surface area contributed by atoms with Gasteiger partial charge in [-0.15, -0.1) is 0 Å². The molecule has 2 aromatic rings. The first kappa shape index (κ1) is 43.6. The van der Waals surface area contributed by atoms with Crippen molar-refractivity contribution in [3.05, 3.63) is 54.9 Å². The maximum atomic E-state index is 15.2. The Hall–Kier alpha value is -2.59. The van der Waals surface area contributed by atoms with Crippen molar-refractivity contribution in [3.63, 3.8) is 0 Å². The topological polar surface area (TPSA) is 15.8 Å². The Morgan fingerprint density at radius 3 is 1.04 bits per heavy atom. The lowest BCUT2D eigenvalue weighted by molar-refractivity contribution is -0.605. The first-order valence-corrected chi connectivity index (χ1v) is 13.7. The normalized spacial score (nSPS) is 15.9. The Morgan fingerprint density at radius 2 is 0.700 bits per heavy atom. The van der Waals surface area contributed by atoms with E-state index in [9.17, 15) is 105 Å². The first-order valence-electron chi connectivity index (χ1n) is 11.5. The summed E-state index contributed by atoms with van der Waals surface area (Å²) in [7, 11) is 0. The van der Waals surface area contributed by atoms with E-state index < -0.39 is 117 Å². The van der Waals surface area contributed by atoms with Gasteiger partial charge in [0.2, 0.25) is 0 Å². The lowest BCUT2D eigenvalue weighted by atomic mass is 9.86. The van der Waals surface area contributed by atoms with Crippen LogP contribution in [0.1, 0.15) is 11.1 Å². The number of rotatable bonds is 12. The van der Waals surface area contributed by atoms with Gasteiger partial charge >= 0.3 is 92.8 Å². The summed E-state index contributed by atoms with van der Waals surface area (Å²) in [5.74, 6) is -85.2. The average Bonchev–Trinajstić information content (AvgIpc) is 3.36. The summed E-state index contributed by atoms with van der Waals surface area (Å²) in [6.45, 7) is 0. The van der Waals surface area contributed by atoms with Crippen LogP contribution in [0.5, 0.6) is 0 Å². The Kier molecular flexibility index (Phi) is 10.4. The summed E-state index contributed by atoms with van der Waals surface area (Å²) in [6.07, 6.45) is -17.3. The first-order chi connectivity index (χ1) is 21.7. The lowest BCUT2D eigenvalue weighted by Crippen LogP contribution is -3.62. The van der Waals surface area contributed by atoms with Gasteiger partial charge in [0.05, 0.1) is 5.56 Å². The molecule has 1 N–H and O–H groups in total. The van der Waals surface area contributed by atoms with Crippen molar-refractivity contribution in [2.45, 2.75) is 71.6 Å². The number of halogens is 27. The van der Waals surface area contributed by atoms with Crippen LogP contribution in [0.25, 0.3) is 0 Å². The molecule has 28 heteroatoms. The molecule has 0 saturated heterocycles. The minimum absolute atomic E-state index is 0.641. The standard InChI is InChI=1S/C22H7F26IN/c23-11(24,13(27,28)15(31,32)17(35,36)19(39,40)21(43,44)45)8-6-50-10(49-7-4-2-1-3-5-7)9(8)12(25,26)14(29,30)16(33,34)18(37,38)20(41,42)22(46,47)48/h1-6,50H/q+1. The predicted octanol–water partition coefficient (Wildman–Crippen LogP) is 7.53. The second kappa shape index (κ2) is 12.0. The van der Waals surface area contributed by atoms with Gasteiger partial charge in [-0.3, -0.25) is 0 Å². The van der Waals surface area contributed by atoms with E-state index in [1.165, 1.54) is 0 Å². The zero-order valence-electron chi connectivity index (χ0n) is 22.2. The molecule has 0 bridgehead atoms. The van der Waals surface area contributed by atoms with E-state index in [4.69, 9.17) is 0 Å². The zero-order chi connectivity index (χ0) is 40.0. The number of hydrogen-bond donors (Lipinski definition) is 1. The fraction of sp³-hybridized carbons (Fsp3) is 0.545. The summed E-state index contributed by atoms with van der Waals surface area (Å²) >= 11 is -3.18. The fourth-order valence-electron chi connectivity index (χ4n) is 3.48. The molecule has 0 unspecified atom stereocenters. The molecule has 0 amide bonds. The second-order valence-corrected chi connectivity index (χ2v) is 12.4. The van der Waals surface area contributed by atoms with Gasteiger partial charge in [0.1, 0.15) is 5.56 Å². The van der Waals surface area contributed by atoms with Crippen molar-refractivity contribution in [2.24, 2.45) is 0 Å². The van der Waals surface area contributed by atoms with E-state index in [1.807, 2.05) is 0 Å². The smallest absolute Gasteiger partial charge is 0.323 e. The zero-order valence-corrected chi connectivity index (χ0v) is 24.3. The number of H-pyrrole nitrogens is 1. The van der Waals surface area contributed by atoms with Crippen LogP contribution in [0.4, 0.5) is 114 Å². The maximum absolute atomic E-state index is 15.2. The summed E-state index contributed by atoms with van der Waals surface area (Å²) in [5.41, 5.74) is -8.21. The van der Waals surface area contributed by atoms with Crippen LogP contribution < -0.4 is 21.2 Å². The Balaban J connectivity index is 3.05. The number of aromatic nitrogens is 1. The van der Waals surface area contributed by atoms with E-state index >= 15 is 8.78 Å². The van der Waals surface area contributed by atoms with E-state index in [2.05, 4.69) is 0 Å². The number of nitrogens with one attached hydrogen (secondary N) is 1. The second-order valence-electron chi connectivity index (χ2n) is 9.52. The highest BCUT2D eigenvalue weighted by Crippen LogP contribution is 2.65. The third-order valence-corrected chi connectivity index (χ3v) is 9.02. The summed E-state index contributed by atoms with van der Waals surface area (Å²) in [5, 5.41) is 0. The van der Waals surface area contributed by atoms with Gasteiger partial charge in [-0.1, -0.05) is 18.2 Å². The molecule has 0 atom stereocenters. The number of benzene rings is 1. The van der Waals surface area contributed by atoms with Crippen LogP contribution >= 0.6 is 0 Å². The number of alkyl halides is 26. The van der Waals surface area contributed by atoms with E-state index in [-0.39, 0.29) is 0 Å². The summed E-state index contributed by atoms with van der Waals surface area (Å²) in [6, 6.07) is 4.06. The summed E-state index contributed by atoms with van der Waals surface area (Å²) < 4.78 is 354. The van der Waals surface area contributed by atoms with Gasteiger partial charge in [-0.2, -0.15) is 114 Å². The Bertz CT molecular complexity index is 1510. The molecule has 1 nitrogen and oxygen atoms in total. The molecule has 0 aliphatic heterocycles. The van der Waals surface area contributed by atoms with E-state index in [1.54, 1.807) is 0 Å². The van der Waals surface area contributed by atoms with Gasteiger partial charge in [-0.05, 0) is 12.1 Å². The monoisotopic (exact) mass is 906 g/mol. The highest BCUT2D eigenvalue weighted by Gasteiger charge is 2.93. The van der Waals surface area contributed by atoms with Crippen molar-refractivity contribution in [1.29, 1.82) is 0 Å². The van der Waals surface area contributed by atoms with Gasteiger partial charge in [0.25, 0.3) is 3.70 Å². The van der Waals surface area contributed by atoms with E-state index in [0.717, 1.165) is 23.2 Å². The molecule has 0 spiro atoms. The molecule has 0 fully saturated rings. The van der Waals surface area contributed by atoms with Crippen LogP contribution in [0.3, 0.4) is 0 Å². The van der Waals surface area contributed by atoms with Crippen molar-refractivity contribution in [3.8, 4) is 0 Å². The minimum Gasteiger partial charge on any atom is -0.323 e. The SMILES string of the molecule is FC(F)(F)C(F)(F)C(F)(F)C(F)(F)C(F)(F)C(F)(F)c1c[nH]c([I+]c2ccccc2)c1C(F)(F)C(F)(F)C(F)(F)C(F)(F)C(F)(F)C(F)(F)F. The molecule has 0 saturated carbocycles. The highest BCUT2D eigenvalue weighted by molar-refractivity contribution is 5.37. The fourth-order valence-corrected chi connectivity index (χ4v) is 6.09. The van der Waals surface area contributed by atoms with Gasteiger partial charge in [0.15, 0.2) is 3.57 Å². The molecule has 0 radical (unpaired) electrons. The molecule has 50 heavy (non-hydrogen) atoms. The molecule has 1 aromatic carbocycles. The number of aromatic amines is 1. The van der Waals surface area contributed by atoms with Gasteiger partial charge in [0, 0.05) is 6.20 Å². The van der Waals surface area contributed by atoms with Crippen LogP contribution in [0.15, 0.2) is 36.5 Å². The molecule has 0 aliphatic rings. The van der Waals surface area contributed by atoms with Gasteiger partial charge in [-0.25, -0.2) is 0 Å². The quantitative estimate of drug-likeness (QED) is 0.168. The van der Waals surface area contributed by atoms with Crippen molar-refractivity contribution in [1.82, 2.24) is 4.98 Å². The highest BCUT2D eigenvalue weighted by atomic mass is 127. The van der Waals surface area contributed by atoms with Crippen LogP contribution in [0.2, 0.25) is 0 Å². The van der Waals surface area contributed by atoms with Crippen molar-refractivity contribution >= 4 is 0 Å². The summed E-state index contributed by atoms with van der Waals surface area (Å²) in [4.78, 5) is 0.870. The molecular formula is C22H7F26IN+. The van der Waals surface area contributed by atoms with Crippen LogP contribution in [-0.2, 0) is 11.8 Å². The van der Waals surface area contributed by atoms with Gasteiger partial charge < -0.3 is 4.98 Å². The third kappa shape index (κ3) is 5.79. The Labute approximate surface area is 267 Å². The van der Waals surface area contributed by atoms with Crippen LogP contribution in [-0.4, -0.2) is 64.7 Å². The molecule has 1 heterocycles. The molecular weight excluding hydrogens is 899 g/mol. The molecule has 1 aromatic heterocycles. The molecule has 0 aliphatic carbocycles. The number of hydrogen-bond acceptors (Lipinski definition) is 0. The third-order valence-electron chi connectivity index (χ3n) is 6.29. The molecule has 288 valence electrons. The van der Waals surface area contributed by atoms with Crippen molar-refractivity contribution < 1.29 is 135 Å². The van der Waals surface area contributed by atoms with E-state index in [0.29, 0.717) is 12.1 Å². The molecule has 2 rings (SSSR count). The Morgan fingerprint density at radius 1 is 0.380 bits per heavy atom. The minimum atomic E-state index is -8.83. The largest absolute Gasteiger partial charge is 0.460 e. The average molecular weight is 906 g/mol. The lowest BCUT2D eigenvalue weighted by Gasteiger charge is -2.41. The van der Waals surface area contributed by atoms with Crippen molar-refractivity contribution in [2.75, 3.05) is 0 Å². The van der Waals surface area contributed by atoms with Crippen LogP contribution in [0, 0.1) is 7.27 Å². The predicted molar refractivity (Wildman–Crippen MR) is 104 cm³/mol.